The molecule has 4 N–H and O–H groups in total. The number of hydrazine groups is 3. The molecular formula is C32H35N5O. The first-order chi connectivity index (χ1) is 18.8. The maximum atomic E-state index is 6.00. The number of benzene rings is 4. The van der Waals surface area contributed by atoms with Crippen LogP contribution in [0.1, 0.15) is 37.3 Å². The number of hydrogen-bond donors (Lipinski definition) is 4. The van der Waals surface area contributed by atoms with Crippen LogP contribution in [0.15, 0.2) is 91.0 Å². The molecule has 194 valence electrons. The number of nitrogens with one attached hydrogen (secondary N) is 4. The third kappa shape index (κ3) is 5.17. The fraction of sp³-hybridized carbons (Fsp3) is 0.250. The predicted molar refractivity (Wildman–Crippen MR) is 155 cm³/mol. The first kappa shape index (κ1) is 24.6. The largest absolute Gasteiger partial charge is 0.490 e. The Hall–Kier alpha value is -3.68. The molecule has 2 heterocycles. The third-order valence-corrected chi connectivity index (χ3v) is 7.35. The topological polar surface area (TPSA) is 62.3 Å². The lowest BCUT2D eigenvalue weighted by molar-refractivity contribution is 0.260. The van der Waals surface area contributed by atoms with Crippen LogP contribution < -0.4 is 26.7 Å². The van der Waals surface area contributed by atoms with Crippen LogP contribution in [0.3, 0.4) is 0 Å². The van der Waals surface area contributed by atoms with Crippen LogP contribution >= 0.6 is 0 Å². The lowest BCUT2D eigenvalue weighted by Crippen LogP contribution is -2.39. The maximum absolute atomic E-state index is 6.00. The van der Waals surface area contributed by atoms with Gasteiger partial charge in [0.25, 0.3) is 0 Å². The van der Waals surface area contributed by atoms with Crippen molar-refractivity contribution >= 4 is 21.7 Å². The molecular weight excluding hydrogens is 470 g/mol. The van der Waals surface area contributed by atoms with Gasteiger partial charge in [-0.1, -0.05) is 86.5 Å². The van der Waals surface area contributed by atoms with E-state index in [0.29, 0.717) is 6.61 Å². The standard InChI is InChI=1S/C32H35N5O/c1-2-3-5-13-29-28-12-8-9-14-30(28)37(21-23-10-6-4-7-11-23)32(29)26-16-15-25-20-27(18-17-24(25)19-26)38-22-31-33-35-36-34-31/h4,6-12,14-20,31,33-36H,2-3,5,13,21-22H2,1H3. The van der Waals surface area contributed by atoms with E-state index in [4.69, 9.17) is 4.74 Å². The van der Waals surface area contributed by atoms with Crippen molar-refractivity contribution in [2.24, 2.45) is 0 Å². The molecule has 0 unspecified atom stereocenters. The van der Waals surface area contributed by atoms with Gasteiger partial charge in [0.1, 0.15) is 18.5 Å². The SMILES string of the molecule is CCCCCc1c(-c2ccc3cc(OCC4NNNN4)ccc3c2)n(Cc2ccccc2)c2ccccc12. The summed E-state index contributed by atoms with van der Waals surface area (Å²) < 4.78 is 8.53. The molecule has 1 aliphatic rings. The zero-order valence-electron chi connectivity index (χ0n) is 21.8. The molecule has 4 aromatic carbocycles. The summed E-state index contributed by atoms with van der Waals surface area (Å²) >= 11 is 0. The van der Waals surface area contributed by atoms with Gasteiger partial charge in [-0.3, -0.25) is 0 Å². The van der Waals surface area contributed by atoms with Crippen molar-refractivity contribution in [3.05, 3.63) is 102 Å². The molecule has 0 spiro atoms. The van der Waals surface area contributed by atoms with Gasteiger partial charge >= 0.3 is 0 Å². The van der Waals surface area contributed by atoms with Gasteiger partial charge in [0.15, 0.2) is 0 Å². The highest BCUT2D eigenvalue weighted by atomic mass is 16.5. The van der Waals surface area contributed by atoms with Crippen LogP contribution in [0.2, 0.25) is 0 Å². The van der Waals surface area contributed by atoms with E-state index in [-0.39, 0.29) is 6.17 Å². The molecule has 5 aromatic rings. The highest BCUT2D eigenvalue weighted by Gasteiger charge is 2.19. The number of hydrogen-bond acceptors (Lipinski definition) is 5. The van der Waals surface area contributed by atoms with Crippen molar-refractivity contribution in [3.8, 4) is 17.0 Å². The second kappa shape index (κ2) is 11.4. The Balaban J connectivity index is 1.40. The van der Waals surface area contributed by atoms with Crippen LogP contribution in [0.25, 0.3) is 32.9 Å². The van der Waals surface area contributed by atoms with Crippen molar-refractivity contribution in [1.82, 2.24) is 26.5 Å². The van der Waals surface area contributed by atoms with Crippen LogP contribution in [-0.2, 0) is 13.0 Å². The Morgan fingerprint density at radius 3 is 2.39 bits per heavy atom. The molecule has 1 aromatic heterocycles. The summed E-state index contributed by atoms with van der Waals surface area (Å²) in [5.41, 5.74) is 18.4. The molecule has 0 aliphatic carbocycles. The smallest absolute Gasteiger partial charge is 0.120 e. The Morgan fingerprint density at radius 2 is 1.55 bits per heavy atom. The predicted octanol–water partition coefficient (Wildman–Crippen LogP) is 6.06. The van der Waals surface area contributed by atoms with Gasteiger partial charge in [-0.05, 0) is 64.6 Å². The fourth-order valence-corrected chi connectivity index (χ4v) is 5.45. The normalized spacial score (nSPS) is 14.0. The molecule has 0 amide bonds. The van der Waals surface area contributed by atoms with Crippen molar-refractivity contribution in [3.63, 3.8) is 0 Å². The van der Waals surface area contributed by atoms with Crippen molar-refractivity contribution < 1.29 is 4.74 Å². The molecule has 0 saturated carbocycles. The number of ether oxygens (including phenoxy) is 1. The number of fused-ring (bicyclic) bond motifs is 2. The maximum Gasteiger partial charge on any atom is 0.120 e. The summed E-state index contributed by atoms with van der Waals surface area (Å²) in [5.74, 6) is 0.860. The van der Waals surface area contributed by atoms with E-state index >= 15 is 0 Å². The highest BCUT2D eigenvalue weighted by Crippen LogP contribution is 2.37. The van der Waals surface area contributed by atoms with Gasteiger partial charge in [-0.25, -0.2) is 10.9 Å². The van der Waals surface area contributed by atoms with E-state index < -0.39 is 0 Å². The summed E-state index contributed by atoms with van der Waals surface area (Å²) in [5, 5.41) is 3.76. The van der Waals surface area contributed by atoms with E-state index in [1.54, 1.807) is 0 Å². The molecule has 1 fully saturated rings. The summed E-state index contributed by atoms with van der Waals surface area (Å²) in [6, 6.07) is 32.9. The number of aryl methyl sites for hydroxylation is 1. The van der Waals surface area contributed by atoms with Crippen molar-refractivity contribution in [2.75, 3.05) is 6.61 Å². The van der Waals surface area contributed by atoms with Gasteiger partial charge in [0.2, 0.25) is 0 Å². The van der Waals surface area contributed by atoms with Crippen LogP contribution in [0, 0.1) is 0 Å². The summed E-state index contributed by atoms with van der Waals surface area (Å²) in [4.78, 5) is 0. The Morgan fingerprint density at radius 1 is 0.789 bits per heavy atom. The van der Waals surface area contributed by atoms with E-state index in [1.165, 1.54) is 63.3 Å². The Kier molecular flexibility index (Phi) is 7.38. The Labute approximate surface area is 223 Å². The third-order valence-electron chi connectivity index (χ3n) is 7.35. The number of aromatic nitrogens is 1. The molecule has 0 atom stereocenters. The van der Waals surface area contributed by atoms with Gasteiger partial charge in [-0.15, -0.1) is 0 Å². The number of nitrogens with zero attached hydrogens (tertiary/aromatic N) is 1. The monoisotopic (exact) mass is 505 g/mol. The fourth-order valence-electron chi connectivity index (χ4n) is 5.45. The molecule has 6 heteroatoms. The summed E-state index contributed by atoms with van der Waals surface area (Å²) in [7, 11) is 0. The zero-order valence-corrected chi connectivity index (χ0v) is 21.8. The quantitative estimate of drug-likeness (QED) is 0.174. The van der Waals surface area contributed by atoms with Crippen LogP contribution in [0.5, 0.6) is 5.75 Å². The van der Waals surface area contributed by atoms with Crippen molar-refractivity contribution in [1.29, 1.82) is 0 Å². The van der Waals surface area contributed by atoms with Gasteiger partial charge in [0.05, 0.1) is 5.69 Å². The lowest BCUT2D eigenvalue weighted by atomic mass is 9.98. The zero-order chi connectivity index (χ0) is 25.7. The number of para-hydroxylation sites is 1. The van der Waals surface area contributed by atoms with Crippen LogP contribution in [0.4, 0.5) is 0 Å². The lowest BCUT2D eigenvalue weighted by Gasteiger charge is -2.15. The molecule has 6 rings (SSSR count). The number of unbranched alkanes of at least 4 members (excludes halogenated alkanes) is 2. The van der Waals surface area contributed by atoms with Gasteiger partial charge < -0.3 is 9.30 Å². The minimum Gasteiger partial charge on any atom is -0.490 e. The second-order valence-corrected chi connectivity index (χ2v) is 10.00. The van der Waals surface area contributed by atoms with E-state index in [1.807, 2.05) is 0 Å². The van der Waals surface area contributed by atoms with Gasteiger partial charge in [-0.2, -0.15) is 11.1 Å². The average Bonchev–Trinajstić information content (AvgIpc) is 3.59. The average molecular weight is 506 g/mol. The highest BCUT2D eigenvalue weighted by molar-refractivity contribution is 5.95. The van der Waals surface area contributed by atoms with E-state index in [0.717, 1.165) is 18.7 Å². The molecule has 6 nitrogen and oxygen atoms in total. The Bertz CT molecular complexity index is 1520. The molecule has 1 saturated heterocycles. The molecule has 0 radical (unpaired) electrons. The van der Waals surface area contributed by atoms with Crippen molar-refractivity contribution in [2.45, 2.75) is 45.3 Å². The first-order valence-corrected chi connectivity index (χ1v) is 13.6. The molecule has 0 bridgehead atoms. The molecule has 1 aliphatic heterocycles. The minimum atomic E-state index is 0.00531. The first-order valence-electron chi connectivity index (χ1n) is 13.6. The number of rotatable bonds is 10. The summed E-state index contributed by atoms with van der Waals surface area (Å²) in [6.07, 6.45) is 4.76. The molecule has 38 heavy (non-hydrogen) atoms. The second-order valence-electron chi connectivity index (χ2n) is 10.00. The van der Waals surface area contributed by atoms with Gasteiger partial charge in [0, 0.05) is 17.4 Å². The van der Waals surface area contributed by atoms with Crippen LogP contribution in [-0.4, -0.2) is 17.3 Å². The summed E-state index contributed by atoms with van der Waals surface area (Å²) in [6.45, 7) is 3.63. The minimum absolute atomic E-state index is 0.00531. The van der Waals surface area contributed by atoms with E-state index in [2.05, 4.69) is 124 Å². The van der Waals surface area contributed by atoms with E-state index in [9.17, 15) is 0 Å².